The van der Waals surface area contributed by atoms with Crippen molar-refractivity contribution in [3.05, 3.63) is 21.9 Å². The van der Waals surface area contributed by atoms with Crippen molar-refractivity contribution in [2.24, 2.45) is 5.92 Å². The number of nitrogens with one attached hydrogen (secondary N) is 1. The van der Waals surface area contributed by atoms with Crippen molar-refractivity contribution >= 4 is 23.2 Å². The number of aryl methyl sites for hydroxylation is 1. The highest BCUT2D eigenvalue weighted by Gasteiger charge is 2.50. The predicted octanol–water partition coefficient (Wildman–Crippen LogP) is 2.19. The molecule has 0 bridgehead atoms. The minimum atomic E-state index is -0.664. The van der Waals surface area contributed by atoms with Crippen LogP contribution < -0.4 is 5.32 Å². The number of hydrogen-bond acceptors (Lipinski definition) is 3. The van der Waals surface area contributed by atoms with Crippen LogP contribution in [0.1, 0.15) is 41.4 Å². The molecule has 1 unspecified atom stereocenters. The summed E-state index contributed by atoms with van der Waals surface area (Å²) in [5.41, 5.74) is 0.329. The van der Waals surface area contributed by atoms with Gasteiger partial charge in [-0.15, -0.1) is 11.3 Å². The summed E-state index contributed by atoms with van der Waals surface area (Å²) < 4.78 is 0. The largest absolute Gasteiger partial charge is 0.354 e. The molecule has 2 amide bonds. The van der Waals surface area contributed by atoms with Crippen molar-refractivity contribution in [3.63, 3.8) is 0 Å². The highest BCUT2D eigenvalue weighted by Crippen LogP contribution is 2.34. The Bertz CT molecular complexity index is 550. The van der Waals surface area contributed by atoms with Crippen molar-refractivity contribution in [1.82, 2.24) is 10.2 Å². The third-order valence-corrected chi connectivity index (χ3v) is 5.46. The van der Waals surface area contributed by atoms with E-state index in [0.29, 0.717) is 12.5 Å². The molecule has 4 nitrogen and oxygen atoms in total. The SMILES string of the molecule is Cc1ccsc1C(=O)N1CCC1(C)C(=O)NCC1CC1. The third-order valence-electron chi connectivity index (χ3n) is 4.46. The molecule has 20 heavy (non-hydrogen) atoms. The molecule has 108 valence electrons. The van der Waals surface area contributed by atoms with Gasteiger partial charge in [-0.3, -0.25) is 9.59 Å². The summed E-state index contributed by atoms with van der Waals surface area (Å²) >= 11 is 1.45. The van der Waals surface area contributed by atoms with Gasteiger partial charge in [0, 0.05) is 13.1 Å². The molecule has 1 N–H and O–H groups in total. The monoisotopic (exact) mass is 292 g/mol. The van der Waals surface area contributed by atoms with E-state index < -0.39 is 5.54 Å². The second kappa shape index (κ2) is 4.88. The quantitative estimate of drug-likeness (QED) is 0.925. The van der Waals surface area contributed by atoms with E-state index in [2.05, 4.69) is 5.32 Å². The van der Waals surface area contributed by atoms with Crippen LogP contribution in [-0.4, -0.2) is 35.3 Å². The Labute approximate surface area is 123 Å². The Morgan fingerprint density at radius 2 is 2.25 bits per heavy atom. The number of amides is 2. The van der Waals surface area contributed by atoms with Crippen molar-refractivity contribution in [1.29, 1.82) is 0 Å². The summed E-state index contributed by atoms with van der Waals surface area (Å²) in [5.74, 6) is 0.650. The van der Waals surface area contributed by atoms with Crippen LogP contribution in [0.15, 0.2) is 11.4 Å². The maximum absolute atomic E-state index is 12.5. The van der Waals surface area contributed by atoms with Gasteiger partial charge in [0.15, 0.2) is 0 Å². The van der Waals surface area contributed by atoms with Crippen LogP contribution >= 0.6 is 11.3 Å². The van der Waals surface area contributed by atoms with Crippen LogP contribution in [0.25, 0.3) is 0 Å². The lowest BCUT2D eigenvalue weighted by Gasteiger charge is -2.49. The van der Waals surface area contributed by atoms with Crippen molar-refractivity contribution in [3.8, 4) is 0 Å². The summed E-state index contributed by atoms with van der Waals surface area (Å²) in [6, 6.07) is 1.95. The molecule has 2 aliphatic rings. The number of likely N-dealkylation sites (tertiary alicyclic amines) is 1. The number of carbonyl (C=O) groups is 2. The van der Waals surface area contributed by atoms with Gasteiger partial charge in [0.1, 0.15) is 5.54 Å². The summed E-state index contributed by atoms with van der Waals surface area (Å²) in [6.45, 7) is 5.24. The second-order valence-electron chi connectivity index (χ2n) is 6.07. The predicted molar refractivity (Wildman–Crippen MR) is 78.8 cm³/mol. The fraction of sp³-hybridized carbons (Fsp3) is 0.600. The lowest BCUT2D eigenvalue weighted by Crippen LogP contribution is -2.67. The zero-order chi connectivity index (χ0) is 14.3. The van der Waals surface area contributed by atoms with Gasteiger partial charge in [-0.05, 0) is 56.0 Å². The first kappa shape index (κ1) is 13.6. The molecular formula is C15H20N2O2S. The standard InChI is InChI=1S/C15H20N2O2S/c1-10-5-8-20-12(10)13(18)17-7-6-15(17,2)14(19)16-9-11-3-4-11/h5,8,11H,3-4,6-7,9H2,1-2H3,(H,16,19). The molecule has 1 aliphatic carbocycles. The highest BCUT2D eigenvalue weighted by molar-refractivity contribution is 7.12. The molecule has 2 heterocycles. The van der Waals surface area contributed by atoms with E-state index in [9.17, 15) is 9.59 Å². The van der Waals surface area contributed by atoms with Crippen LogP contribution in [0, 0.1) is 12.8 Å². The average molecular weight is 292 g/mol. The van der Waals surface area contributed by atoms with E-state index in [-0.39, 0.29) is 11.8 Å². The smallest absolute Gasteiger partial charge is 0.265 e. The van der Waals surface area contributed by atoms with E-state index >= 15 is 0 Å². The Hall–Kier alpha value is -1.36. The van der Waals surface area contributed by atoms with Crippen LogP contribution in [0.5, 0.6) is 0 Å². The van der Waals surface area contributed by atoms with Crippen LogP contribution in [0.2, 0.25) is 0 Å². The number of carbonyl (C=O) groups excluding carboxylic acids is 2. The lowest BCUT2D eigenvalue weighted by atomic mass is 9.85. The molecule has 5 heteroatoms. The molecule has 1 atom stereocenters. The summed E-state index contributed by atoms with van der Waals surface area (Å²) in [6.07, 6.45) is 3.18. The van der Waals surface area contributed by atoms with Crippen molar-refractivity contribution in [2.75, 3.05) is 13.1 Å². The molecule has 0 aromatic carbocycles. The Morgan fingerprint density at radius 3 is 2.75 bits per heavy atom. The maximum Gasteiger partial charge on any atom is 0.265 e. The second-order valence-corrected chi connectivity index (χ2v) is 6.98. The van der Waals surface area contributed by atoms with Gasteiger partial charge in [-0.1, -0.05) is 0 Å². The number of thiophene rings is 1. The van der Waals surface area contributed by atoms with E-state index in [1.807, 2.05) is 25.3 Å². The van der Waals surface area contributed by atoms with Gasteiger partial charge in [0.05, 0.1) is 4.88 Å². The summed E-state index contributed by atoms with van der Waals surface area (Å²) in [7, 11) is 0. The van der Waals surface area contributed by atoms with E-state index in [1.54, 1.807) is 4.90 Å². The third kappa shape index (κ3) is 2.24. The number of rotatable bonds is 4. The Kier molecular flexibility index (Phi) is 3.32. The van der Waals surface area contributed by atoms with Gasteiger partial charge in [-0.25, -0.2) is 0 Å². The zero-order valence-electron chi connectivity index (χ0n) is 11.9. The molecule has 2 fully saturated rings. The zero-order valence-corrected chi connectivity index (χ0v) is 12.8. The molecule has 1 saturated carbocycles. The van der Waals surface area contributed by atoms with Crippen LogP contribution in [0.3, 0.4) is 0 Å². The average Bonchev–Trinajstić information content (AvgIpc) is 3.14. The van der Waals surface area contributed by atoms with Gasteiger partial charge >= 0.3 is 0 Å². The highest BCUT2D eigenvalue weighted by atomic mass is 32.1. The lowest BCUT2D eigenvalue weighted by molar-refractivity contribution is -0.137. The topological polar surface area (TPSA) is 49.4 Å². The van der Waals surface area contributed by atoms with Gasteiger partial charge in [0.2, 0.25) is 5.91 Å². The van der Waals surface area contributed by atoms with Gasteiger partial charge < -0.3 is 10.2 Å². The van der Waals surface area contributed by atoms with Crippen molar-refractivity contribution in [2.45, 2.75) is 38.6 Å². The van der Waals surface area contributed by atoms with Crippen molar-refractivity contribution < 1.29 is 9.59 Å². The van der Waals surface area contributed by atoms with E-state index in [1.165, 1.54) is 24.2 Å². The molecule has 0 spiro atoms. The minimum absolute atomic E-state index is 0.00166. The number of hydrogen-bond donors (Lipinski definition) is 1. The van der Waals surface area contributed by atoms with Gasteiger partial charge in [0.25, 0.3) is 5.91 Å². The summed E-state index contributed by atoms with van der Waals surface area (Å²) in [5, 5.41) is 4.93. The first-order valence-electron chi connectivity index (χ1n) is 7.17. The van der Waals surface area contributed by atoms with Crippen LogP contribution in [0.4, 0.5) is 0 Å². The van der Waals surface area contributed by atoms with Gasteiger partial charge in [-0.2, -0.15) is 0 Å². The fourth-order valence-corrected chi connectivity index (χ4v) is 3.46. The normalized spacial score (nSPS) is 25.2. The fourth-order valence-electron chi connectivity index (χ4n) is 2.58. The minimum Gasteiger partial charge on any atom is -0.354 e. The van der Waals surface area contributed by atoms with Crippen LogP contribution in [-0.2, 0) is 4.79 Å². The Morgan fingerprint density at radius 1 is 1.50 bits per heavy atom. The number of nitrogens with zero attached hydrogens (tertiary/aromatic N) is 1. The molecule has 1 aliphatic heterocycles. The van der Waals surface area contributed by atoms with E-state index in [0.717, 1.165) is 23.4 Å². The summed E-state index contributed by atoms with van der Waals surface area (Å²) in [4.78, 5) is 27.4. The molecule has 0 radical (unpaired) electrons. The molecule has 1 saturated heterocycles. The first-order valence-corrected chi connectivity index (χ1v) is 8.05. The molecule has 1 aromatic rings. The first-order chi connectivity index (χ1) is 9.52. The Balaban J connectivity index is 1.69. The molecule has 1 aromatic heterocycles. The van der Waals surface area contributed by atoms with E-state index in [4.69, 9.17) is 0 Å². The molecule has 3 rings (SSSR count). The molecular weight excluding hydrogens is 272 g/mol. The maximum atomic E-state index is 12.5.